The van der Waals surface area contributed by atoms with Crippen molar-refractivity contribution in [1.82, 2.24) is 0 Å². The summed E-state index contributed by atoms with van der Waals surface area (Å²) in [6, 6.07) is 35.3. The molecule has 6 rings (SSSR count). The maximum atomic E-state index is 2.36. The van der Waals surface area contributed by atoms with Gasteiger partial charge in [-0.3, -0.25) is 0 Å². The van der Waals surface area contributed by atoms with Crippen LogP contribution in [0.25, 0.3) is 54.9 Å². The predicted octanol–water partition coefficient (Wildman–Crippen LogP) is 7.31. The van der Waals surface area contributed by atoms with Gasteiger partial charge in [-0.2, -0.15) is 0 Å². The van der Waals surface area contributed by atoms with E-state index in [1.54, 1.807) is 0 Å². The van der Waals surface area contributed by atoms with E-state index in [2.05, 4.69) is 97.1 Å². The summed E-state index contributed by atoms with van der Waals surface area (Å²) in [6.07, 6.45) is 0. The molecular weight excluding hydrogens is 312 g/mol. The Hall–Kier alpha value is -3.38. The van der Waals surface area contributed by atoms with Crippen molar-refractivity contribution >= 4 is 21.5 Å². The zero-order chi connectivity index (χ0) is 17.1. The Morgan fingerprint density at radius 3 is 2.04 bits per heavy atom. The molecule has 0 unspecified atom stereocenters. The Labute approximate surface area is 152 Å². The lowest BCUT2D eigenvalue weighted by molar-refractivity contribution is 1.64. The van der Waals surface area contributed by atoms with Gasteiger partial charge in [-0.05, 0) is 61.0 Å². The van der Waals surface area contributed by atoms with Gasteiger partial charge in [-0.15, -0.1) is 0 Å². The fourth-order valence-electron chi connectivity index (χ4n) is 4.42. The van der Waals surface area contributed by atoms with E-state index < -0.39 is 0 Å². The van der Waals surface area contributed by atoms with Crippen LogP contribution in [-0.2, 0) is 0 Å². The van der Waals surface area contributed by atoms with Crippen molar-refractivity contribution in [3.63, 3.8) is 0 Å². The molecule has 0 heteroatoms. The molecule has 0 amide bonds. The lowest BCUT2D eigenvalue weighted by atomic mass is 9.93. The van der Waals surface area contributed by atoms with E-state index in [1.165, 1.54) is 54.9 Å². The second-order valence-corrected chi connectivity index (χ2v) is 7.00. The van der Waals surface area contributed by atoms with Crippen LogP contribution in [0.5, 0.6) is 0 Å². The molecule has 0 bridgehead atoms. The maximum Gasteiger partial charge on any atom is -0.00199 e. The van der Waals surface area contributed by atoms with Crippen LogP contribution in [0.3, 0.4) is 0 Å². The number of hydrogen-bond donors (Lipinski definition) is 0. The second kappa shape index (κ2) is 5.06. The molecular formula is C26H16. The summed E-state index contributed by atoms with van der Waals surface area (Å²) in [7, 11) is 0. The molecule has 0 N–H and O–H groups in total. The average molecular weight is 328 g/mol. The standard InChI is InChI=1S/C26H16/c1-2-6-17(7-3-1)20-13-12-18-14-15-22-21-10-4-8-19-9-5-11-23(25(19)21)26(22)24(18)16-20/h1-16H. The van der Waals surface area contributed by atoms with Gasteiger partial charge in [0, 0.05) is 0 Å². The SMILES string of the molecule is c1ccc(-c2ccc3ccc4c(c3c2)-c2cccc3cccc-4c23)cc1. The number of hydrogen-bond acceptors (Lipinski definition) is 0. The van der Waals surface area contributed by atoms with Crippen LogP contribution < -0.4 is 0 Å². The Morgan fingerprint density at radius 2 is 1.19 bits per heavy atom. The van der Waals surface area contributed by atoms with Gasteiger partial charge in [0.25, 0.3) is 0 Å². The largest absolute Gasteiger partial charge is 0.0622 e. The van der Waals surface area contributed by atoms with Crippen molar-refractivity contribution in [2.45, 2.75) is 0 Å². The molecule has 0 saturated carbocycles. The highest BCUT2D eigenvalue weighted by atomic mass is 14.3. The molecule has 0 radical (unpaired) electrons. The van der Waals surface area contributed by atoms with Gasteiger partial charge in [0.2, 0.25) is 0 Å². The molecule has 1 aliphatic carbocycles. The van der Waals surface area contributed by atoms with Gasteiger partial charge in [-0.25, -0.2) is 0 Å². The zero-order valence-corrected chi connectivity index (χ0v) is 14.2. The predicted molar refractivity (Wildman–Crippen MR) is 111 cm³/mol. The van der Waals surface area contributed by atoms with Crippen molar-refractivity contribution < 1.29 is 0 Å². The Balaban J connectivity index is 1.73. The van der Waals surface area contributed by atoms with Gasteiger partial charge < -0.3 is 0 Å². The van der Waals surface area contributed by atoms with Gasteiger partial charge in [0.05, 0.1) is 0 Å². The van der Waals surface area contributed by atoms with Crippen molar-refractivity contribution in [3.8, 4) is 33.4 Å². The van der Waals surface area contributed by atoms with Crippen LogP contribution >= 0.6 is 0 Å². The molecule has 0 nitrogen and oxygen atoms in total. The minimum atomic E-state index is 1.26. The summed E-state index contributed by atoms with van der Waals surface area (Å²) in [5.41, 5.74) is 8.00. The van der Waals surface area contributed by atoms with E-state index in [1.807, 2.05) is 0 Å². The Kier molecular flexibility index (Phi) is 2.70. The molecule has 0 heterocycles. The minimum Gasteiger partial charge on any atom is -0.0622 e. The minimum absolute atomic E-state index is 1.26. The molecule has 1 aliphatic rings. The molecule has 26 heavy (non-hydrogen) atoms. The van der Waals surface area contributed by atoms with E-state index in [4.69, 9.17) is 0 Å². The highest BCUT2D eigenvalue weighted by molar-refractivity contribution is 6.21. The first-order valence-electron chi connectivity index (χ1n) is 9.05. The lowest BCUT2D eigenvalue weighted by Crippen LogP contribution is -1.83. The summed E-state index contributed by atoms with van der Waals surface area (Å²) in [4.78, 5) is 0. The van der Waals surface area contributed by atoms with Gasteiger partial charge >= 0.3 is 0 Å². The van der Waals surface area contributed by atoms with Gasteiger partial charge in [-0.1, -0.05) is 91.0 Å². The van der Waals surface area contributed by atoms with Crippen LogP contribution in [0.15, 0.2) is 97.1 Å². The van der Waals surface area contributed by atoms with Crippen LogP contribution in [0.1, 0.15) is 0 Å². The first-order valence-corrected chi connectivity index (χ1v) is 9.05. The van der Waals surface area contributed by atoms with E-state index >= 15 is 0 Å². The summed E-state index contributed by atoms with van der Waals surface area (Å²) < 4.78 is 0. The van der Waals surface area contributed by atoms with Crippen LogP contribution in [0.2, 0.25) is 0 Å². The highest BCUT2D eigenvalue weighted by Gasteiger charge is 2.22. The van der Waals surface area contributed by atoms with Crippen LogP contribution in [-0.4, -0.2) is 0 Å². The second-order valence-electron chi connectivity index (χ2n) is 7.00. The summed E-state index contributed by atoms with van der Waals surface area (Å²) in [5.74, 6) is 0. The van der Waals surface area contributed by atoms with Crippen molar-refractivity contribution in [1.29, 1.82) is 0 Å². The normalized spacial score (nSPS) is 11.8. The van der Waals surface area contributed by atoms with Crippen LogP contribution in [0.4, 0.5) is 0 Å². The molecule has 0 fully saturated rings. The molecule has 5 aromatic rings. The van der Waals surface area contributed by atoms with E-state index in [0.29, 0.717) is 0 Å². The molecule has 5 aromatic carbocycles. The average Bonchev–Trinajstić information content (AvgIpc) is 3.05. The smallest absolute Gasteiger partial charge is 0.00199 e. The third kappa shape index (κ3) is 1.79. The number of fused-ring (bicyclic) bond motifs is 5. The van der Waals surface area contributed by atoms with Crippen LogP contribution in [0, 0.1) is 0 Å². The maximum absolute atomic E-state index is 2.36. The third-order valence-electron chi connectivity index (χ3n) is 5.59. The Bertz CT molecular complexity index is 1310. The van der Waals surface area contributed by atoms with E-state index in [0.717, 1.165) is 0 Å². The summed E-state index contributed by atoms with van der Waals surface area (Å²) in [5, 5.41) is 5.35. The van der Waals surface area contributed by atoms with Crippen molar-refractivity contribution in [3.05, 3.63) is 97.1 Å². The summed E-state index contributed by atoms with van der Waals surface area (Å²) in [6.45, 7) is 0. The topological polar surface area (TPSA) is 0 Å². The molecule has 0 atom stereocenters. The summed E-state index contributed by atoms with van der Waals surface area (Å²) >= 11 is 0. The fourth-order valence-corrected chi connectivity index (χ4v) is 4.42. The molecule has 0 saturated heterocycles. The molecule has 120 valence electrons. The molecule has 0 spiro atoms. The number of rotatable bonds is 1. The van der Waals surface area contributed by atoms with Crippen molar-refractivity contribution in [2.75, 3.05) is 0 Å². The lowest BCUT2D eigenvalue weighted by Gasteiger charge is -2.10. The quantitative estimate of drug-likeness (QED) is 0.297. The first kappa shape index (κ1) is 13.9. The third-order valence-corrected chi connectivity index (χ3v) is 5.59. The first-order chi connectivity index (χ1) is 12.9. The highest BCUT2D eigenvalue weighted by Crippen LogP contribution is 2.50. The Morgan fingerprint density at radius 1 is 0.423 bits per heavy atom. The molecule has 0 aliphatic heterocycles. The number of benzene rings is 5. The monoisotopic (exact) mass is 328 g/mol. The van der Waals surface area contributed by atoms with E-state index in [-0.39, 0.29) is 0 Å². The van der Waals surface area contributed by atoms with Gasteiger partial charge in [0.1, 0.15) is 0 Å². The fraction of sp³-hybridized carbons (Fsp3) is 0. The van der Waals surface area contributed by atoms with Crippen molar-refractivity contribution in [2.24, 2.45) is 0 Å². The van der Waals surface area contributed by atoms with Gasteiger partial charge in [0.15, 0.2) is 0 Å². The zero-order valence-electron chi connectivity index (χ0n) is 14.2. The van der Waals surface area contributed by atoms with E-state index in [9.17, 15) is 0 Å². The molecule has 0 aromatic heterocycles.